The highest BCUT2D eigenvalue weighted by Gasteiger charge is 2.42. The Morgan fingerprint density at radius 2 is 2.00 bits per heavy atom. The summed E-state index contributed by atoms with van der Waals surface area (Å²) in [5.41, 5.74) is 3.60. The minimum atomic E-state index is -0.558. The first kappa shape index (κ1) is 18.9. The van der Waals surface area contributed by atoms with E-state index in [1.165, 1.54) is 11.8 Å². The molecule has 4 aromatic rings. The van der Waals surface area contributed by atoms with Crippen molar-refractivity contribution in [1.82, 2.24) is 24.7 Å². The van der Waals surface area contributed by atoms with Crippen LogP contribution in [-0.4, -0.2) is 31.8 Å². The summed E-state index contributed by atoms with van der Waals surface area (Å²) < 4.78 is 1.58. The summed E-state index contributed by atoms with van der Waals surface area (Å²) >= 11 is 0. The van der Waals surface area contributed by atoms with Gasteiger partial charge in [0.1, 0.15) is 0 Å². The Hall–Kier alpha value is -4.07. The van der Waals surface area contributed by atoms with Gasteiger partial charge in [-0.1, -0.05) is 24.8 Å². The van der Waals surface area contributed by atoms with Crippen LogP contribution in [0.25, 0.3) is 28.4 Å². The molecule has 1 aromatic carbocycles. The summed E-state index contributed by atoms with van der Waals surface area (Å²) in [7, 11) is 1.71. The van der Waals surface area contributed by atoms with E-state index in [9.17, 15) is 9.59 Å². The third kappa shape index (κ3) is 3.22. The molecule has 31 heavy (non-hydrogen) atoms. The van der Waals surface area contributed by atoms with Crippen molar-refractivity contribution in [2.24, 2.45) is 4.99 Å². The van der Waals surface area contributed by atoms with Gasteiger partial charge in [-0.3, -0.25) is 19.8 Å². The van der Waals surface area contributed by atoms with Crippen LogP contribution in [0.5, 0.6) is 0 Å². The second kappa shape index (κ2) is 7.32. The van der Waals surface area contributed by atoms with Crippen molar-refractivity contribution < 1.29 is 0 Å². The number of fused-ring (bicyclic) bond motifs is 1. The zero-order chi connectivity index (χ0) is 21.5. The Bertz CT molecular complexity index is 1510. The summed E-state index contributed by atoms with van der Waals surface area (Å²) in [6, 6.07) is 12.1. The number of pyridine rings is 1. The molecule has 0 amide bonds. The van der Waals surface area contributed by atoms with Crippen LogP contribution >= 0.6 is 0 Å². The highest BCUT2D eigenvalue weighted by atomic mass is 16.2. The van der Waals surface area contributed by atoms with E-state index in [-0.39, 0.29) is 11.5 Å². The van der Waals surface area contributed by atoms with Crippen LogP contribution in [0.1, 0.15) is 29.4 Å². The van der Waals surface area contributed by atoms with Crippen molar-refractivity contribution in [1.29, 1.82) is 0 Å². The lowest BCUT2D eigenvalue weighted by Crippen LogP contribution is -2.27. The fourth-order valence-corrected chi connectivity index (χ4v) is 4.22. The molecule has 0 aliphatic heterocycles. The van der Waals surface area contributed by atoms with E-state index in [4.69, 9.17) is 0 Å². The third-order valence-corrected chi connectivity index (χ3v) is 5.74. The van der Waals surface area contributed by atoms with Gasteiger partial charge in [0.15, 0.2) is 5.49 Å². The van der Waals surface area contributed by atoms with Gasteiger partial charge in [0, 0.05) is 36.6 Å². The van der Waals surface area contributed by atoms with Gasteiger partial charge < -0.3 is 4.98 Å². The van der Waals surface area contributed by atoms with Crippen LogP contribution in [0, 0.1) is 0 Å². The molecule has 154 valence electrons. The standard InChI is InChI=1S/C23H20N6O2/c1-3-29-21(24-2)17(11-20(28-29)18-12-26-23(31)27-22(18)30)16-10-15(16)13-8-9-25-19-7-5-4-6-14(13)19/h3-9,11-12,15-16H,1,10H2,2H3,(H2,26,27,30,31)/t15-,16+/m1/s1. The molecule has 2 N–H and O–H groups in total. The molecule has 8 nitrogen and oxygen atoms in total. The lowest BCUT2D eigenvalue weighted by molar-refractivity contribution is 0.795. The van der Waals surface area contributed by atoms with Crippen molar-refractivity contribution in [3.63, 3.8) is 0 Å². The number of rotatable bonds is 4. The summed E-state index contributed by atoms with van der Waals surface area (Å²) in [6.45, 7) is 3.84. The van der Waals surface area contributed by atoms with Crippen molar-refractivity contribution in [2.75, 3.05) is 7.05 Å². The minimum absolute atomic E-state index is 0.222. The molecule has 0 bridgehead atoms. The number of aromatic amines is 2. The SMILES string of the molecule is C=Cn1nc(-c2c[nH]c(=O)[nH]c2=O)cc([C@H]2C[C@@H]2c2ccnc3ccccc23)c1=NC. The quantitative estimate of drug-likeness (QED) is 0.536. The number of H-pyrrole nitrogens is 2. The smallest absolute Gasteiger partial charge is 0.313 e. The lowest BCUT2D eigenvalue weighted by Gasteiger charge is -2.11. The molecule has 1 aliphatic rings. The first-order chi connectivity index (χ1) is 15.1. The topological polar surface area (TPSA) is 109 Å². The number of para-hydroxylation sites is 1. The summed E-state index contributed by atoms with van der Waals surface area (Å²) in [4.78, 5) is 37.4. The molecule has 0 radical (unpaired) electrons. The maximum absolute atomic E-state index is 12.3. The first-order valence-electron chi connectivity index (χ1n) is 9.96. The van der Waals surface area contributed by atoms with Gasteiger partial charge in [0.25, 0.3) is 5.56 Å². The van der Waals surface area contributed by atoms with Gasteiger partial charge in [-0.2, -0.15) is 5.10 Å². The predicted octanol–water partition coefficient (Wildman–Crippen LogP) is 2.38. The van der Waals surface area contributed by atoms with Crippen LogP contribution in [-0.2, 0) is 0 Å². The Morgan fingerprint density at radius 3 is 2.77 bits per heavy atom. The minimum Gasteiger partial charge on any atom is -0.313 e. The molecule has 8 heteroatoms. The number of hydrogen-bond donors (Lipinski definition) is 2. The summed E-state index contributed by atoms with van der Waals surface area (Å²) in [5, 5.41) is 5.64. The normalized spacial score (nSPS) is 18.3. The van der Waals surface area contributed by atoms with E-state index in [2.05, 4.69) is 43.8 Å². The molecule has 0 saturated heterocycles. The second-order valence-corrected chi connectivity index (χ2v) is 7.51. The third-order valence-electron chi connectivity index (χ3n) is 5.74. The molecular formula is C23H20N6O2. The predicted molar refractivity (Wildman–Crippen MR) is 119 cm³/mol. The van der Waals surface area contributed by atoms with E-state index >= 15 is 0 Å². The first-order valence-corrected chi connectivity index (χ1v) is 9.96. The molecule has 3 aromatic heterocycles. The largest absolute Gasteiger partial charge is 0.325 e. The maximum Gasteiger partial charge on any atom is 0.325 e. The molecule has 5 rings (SSSR count). The van der Waals surface area contributed by atoms with E-state index < -0.39 is 11.2 Å². The Labute approximate surface area is 176 Å². The molecule has 1 fully saturated rings. The van der Waals surface area contributed by atoms with E-state index in [1.54, 1.807) is 17.9 Å². The highest BCUT2D eigenvalue weighted by molar-refractivity contribution is 5.83. The number of nitrogens with one attached hydrogen (secondary N) is 2. The molecule has 0 unspecified atom stereocenters. The maximum atomic E-state index is 12.3. The Kier molecular flexibility index (Phi) is 4.47. The van der Waals surface area contributed by atoms with E-state index in [1.807, 2.05) is 30.5 Å². The Morgan fingerprint density at radius 1 is 1.19 bits per heavy atom. The van der Waals surface area contributed by atoms with Crippen LogP contribution in [0.15, 0.2) is 70.0 Å². The highest BCUT2D eigenvalue weighted by Crippen LogP contribution is 2.55. The average molecular weight is 412 g/mol. The molecule has 2 atom stereocenters. The van der Waals surface area contributed by atoms with E-state index in [0.717, 1.165) is 22.9 Å². The summed E-state index contributed by atoms with van der Waals surface area (Å²) in [6.07, 6.45) is 5.75. The number of hydrogen-bond acceptors (Lipinski definition) is 5. The van der Waals surface area contributed by atoms with Crippen molar-refractivity contribution in [3.05, 3.63) is 92.8 Å². The van der Waals surface area contributed by atoms with Gasteiger partial charge in [-0.25, -0.2) is 9.48 Å². The summed E-state index contributed by atoms with van der Waals surface area (Å²) in [5.74, 6) is 0.537. The van der Waals surface area contributed by atoms with E-state index in [0.29, 0.717) is 17.1 Å². The van der Waals surface area contributed by atoms with Crippen molar-refractivity contribution in [2.45, 2.75) is 18.3 Å². The molecule has 1 aliphatic carbocycles. The van der Waals surface area contributed by atoms with Gasteiger partial charge in [0.05, 0.1) is 16.8 Å². The Balaban J connectivity index is 1.65. The number of benzene rings is 1. The fourth-order valence-electron chi connectivity index (χ4n) is 4.22. The van der Waals surface area contributed by atoms with Gasteiger partial charge >= 0.3 is 5.69 Å². The lowest BCUT2D eigenvalue weighted by atomic mass is 10.0. The monoisotopic (exact) mass is 412 g/mol. The van der Waals surface area contributed by atoms with Crippen molar-refractivity contribution in [3.8, 4) is 11.3 Å². The molecule has 1 saturated carbocycles. The van der Waals surface area contributed by atoms with Gasteiger partial charge in [-0.15, -0.1) is 0 Å². The van der Waals surface area contributed by atoms with Crippen LogP contribution in [0.4, 0.5) is 0 Å². The number of nitrogens with zero attached hydrogens (tertiary/aromatic N) is 4. The van der Waals surface area contributed by atoms with Crippen LogP contribution in [0.2, 0.25) is 0 Å². The zero-order valence-electron chi connectivity index (χ0n) is 16.9. The second-order valence-electron chi connectivity index (χ2n) is 7.51. The van der Waals surface area contributed by atoms with Crippen LogP contribution < -0.4 is 16.7 Å². The average Bonchev–Trinajstić information content (AvgIpc) is 3.58. The molecular weight excluding hydrogens is 392 g/mol. The molecule has 3 heterocycles. The van der Waals surface area contributed by atoms with Gasteiger partial charge in [0.2, 0.25) is 0 Å². The molecule has 0 spiro atoms. The van der Waals surface area contributed by atoms with Gasteiger partial charge in [-0.05, 0) is 42.0 Å². The van der Waals surface area contributed by atoms with Crippen molar-refractivity contribution >= 4 is 17.1 Å². The number of aromatic nitrogens is 5. The fraction of sp³-hybridized carbons (Fsp3) is 0.174. The zero-order valence-corrected chi connectivity index (χ0v) is 16.9. The van der Waals surface area contributed by atoms with Crippen LogP contribution in [0.3, 0.4) is 0 Å².